The number of ether oxygens (including phenoxy) is 2. The average molecular weight is 1120 g/mol. The van der Waals surface area contributed by atoms with Crippen LogP contribution in [-0.4, -0.2) is 104 Å². The zero-order valence-electron chi connectivity index (χ0n) is 51.6. The first-order valence-electron chi connectivity index (χ1n) is 30.8. The van der Waals surface area contributed by atoms with Crippen molar-refractivity contribution in [2.45, 2.75) is 348 Å². The van der Waals surface area contributed by atoms with E-state index in [4.69, 9.17) is 31.6 Å². The molecule has 0 radical (unpaired) electrons. The third-order valence-corrected chi connectivity index (χ3v) is 18.2. The highest BCUT2D eigenvalue weighted by Gasteiger charge is 2.52. The molecule has 1 amide bonds. The number of rotatable bonds is 47. The molecule has 1 aliphatic rings. The van der Waals surface area contributed by atoms with E-state index in [1.807, 2.05) is 0 Å². The fourth-order valence-electron chi connectivity index (χ4n) is 9.63. The van der Waals surface area contributed by atoms with Gasteiger partial charge in [-0.2, -0.15) is 0 Å². The zero-order valence-corrected chi connectivity index (χ0v) is 56.6. The second-order valence-electron chi connectivity index (χ2n) is 26.9. The molecule has 9 nitrogen and oxygen atoms in total. The van der Waals surface area contributed by atoms with Crippen molar-refractivity contribution < 1.29 is 36.4 Å². The van der Waals surface area contributed by atoms with E-state index in [9.17, 15) is 4.79 Å². The molecule has 0 saturated carbocycles. The topological polar surface area (TPSA) is 93.7 Å². The van der Waals surface area contributed by atoms with Crippen LogP contribution in [-0.2, 0) is 36.4 Å². The quantitative estimate of drug-likeness (QED) is 0.0366. The van der Waals surface area contributed by atoms with Crippen LogP contribution in [0.1, 0.15) is 206 Å². The van der Waals surface area contributed by atoms with E-state index in [-0.39, 0.29) is 24.7 Å². The predicted molar refractivity (Wildman–Crippen MR) is 328 cm³/mol. The molecule has 1 fully saturated rings. The Morgan fingerprint density at radius 3 is 1.26 bits per heavy atom. The van der Waals surface area contributed by atoms with E-state index in [0.29, 0.717) is 13.0 Å². The summed E-state index contributed by atoms with van der Waals surface area (Å²) in [5.41, 5.74) is 0. The van der Waals surface area contributed by atoms with Gasteiger partial charge in [0.25, 0.3) is 0 Å². The first-order valence-corrected chi connectivity index (χ1v) is 47.9. The Kier molecular flexibility index (Phi) is 38.3. The van der Waals surface area contributed by atoms with Crippen molar-refractivity contribution in [3.8, 4) is 0 Å². The monoisotopic (exact) mass is 1120 g/mol. The van der Waals surface area contributed by atoms with Crippen LogP contribution in [0.25, 0.3) is 0 Å². The highest BCUT2D eigenvalue weighted by Crippen LogP contribution is 2.35. The van der Waals surface area contributed by atoms with Crippen molar-refractivity contribution >= 4 is 47.5 Å². The van der Waals surface area contributed by atoms with Gasteiger partial charge in [-0.3, -0.25) is 4.79 Å². The number of allylic oxidation sites excluding steroid dienone is 1. The number of amides is 1. The van der Waals surface area contributed by atoms with E-state index in [1.54, 1.807) is 0 Å². The molecule has 0 aromatic heterocycles. The number of hydrogen-bond donors (Lipinski definition) is 1. The van der Waals surface area contributed by atoms with E-state index in [2.05, 4.69) is 130 Å². The lowest BCUT2D eigenvalue weighted by molar-refractivity contribution is -0.292. The van der Waals surface area contributed by atoms with Crippen LogP contribution in [0.4, 0.5) is 0 Å². The summed E-state index contributed by atoms with van der Waals surface area (Å²) in [5.74, 6) is 0.0573. The maximum Gasteiger partial charge on any atom is 0.220 e. The summed E-state index contributed by atoms with van der Waals surface area (Å²) in [7, 11) is -10.4. The fraction of sp³-hybridized carbons (Fsp3) is 0.949. The molecule has 1 N–H and O–H groups in total. The van der Waals surface area contributed by atoms with Gasteiger partial charge in [0.05, 0.1) is 25.4 Å². The molecule has 7 unspecified atom stereocenters. The highest BCUT2D eigenvalue weighted by atomic mass is 28.4. The molecule has 1 saturated heterocycles. The van der Waals surface area contributed by atoms with Crippen molar-refractivity contribution in [1.29, 1.82) is 0 Å². The van der Waals surface area contributed by atoms with Gasteiger partial charge < -0.3 is 36.9 Å². The number of carbonyl (C=O) groups excluding carboxylic acids is 1. The normalized spacial score (nSPS) is 20.3. The molecule has 14 heteroatoms. The zero-order chi connectivity index (χ0) is 54.8. The van der Waals surface area contributed by atoms with Crippen molar-refractivity contribution in [3.63, 3.8) is 0 Å². The van der Waals surface area contributed by atoms with Crippen LogP contribution in [0, 0.1) is 0 Å². The average Bonchev–Trinajstić information content (AvgIpc) is 3.26. The van der Waals surface area contributed by atoms with Crippen molar-refractivity contribution in [2.24, 2.45) is 0 Å². The van der Waals surface area contributed by atoms with Gasteiger partial charge in [-0.1, -0.05) is 193 Å². The van der Waals surface area contributed by atoms with Crippen LogP contribution >= 0.6 is 0 Å². The first-order chi connectivity index (χ1) is 34.2. The van der Waals surface area contributed by atoms with Gasteiger partial charge >= 0.3 is 0 Å². The van der Waals surface area contributed by atoms with Gasteiger partial charge in [-0.05, 0) is 117 Å². The van der Waals surface area contributed by atoms with Gasteiger partial charge in [0.1, 0.15) is 24.4 Å². The van der Waals surface area contributed by atoms with Gasteiger partial charge in [0.15, 0.2) is 47.9 Å². The summed E-state index contributed by atoms with van der Waals surface area (Å²) in [6, 6.07) is -0.418. The fourth-order valence-corrected chi connectivity index (χ4v) is 14.6. The van der Waals surface area contributed by atoms with Crippen molar-refractivity contribution in [1.82, 2.24) is 5.32 Å². The lowest BCUT2D eigenvalue weighted by Gasteiger charge is -2.51. The predicted octanol–water partition coefficient (Wildman–Crippen LogP) is 18.2. The van der Waals surface area contributed by atoms with Crippen LogP contribution in [0.3, 0.4) is 0 Å². The summed E-state index contributed by atoms with van der Waals surface area (Å²) in [6.07, 6.45) is 40.2. The molecule has 1 heterocycles. The Morgan fingerprint density at radius 2 is 0.863 bits per heavy atom. The van der Waals surface area contributed by atoms with Gasteiger partial charge in [0.2, 0.25) is 5.91 Å². The number of nitrogens with one attached hydrogen (secondary N) is 1. The molecule has 0 aromatic carbocycles. The number of carbonyl (C=O) groups is 1. The lowest BCUT2D eigenvalue weighted by atomic mass is 9.99. The summed E-state index contributed by atoms with van der Waals surface area (Å²) in [6.45, 7) is 38.5. The largest absolute Gasteiger partial charge is 0.415 e. The van der Waals surface area contributed by atoms with Crippen LogP contribution < -0.4 is 5.32 Å². The van der Waals surface area contributed by atoms with E-state index in [1.165, 1.54) is 161 Å². The highest BCUT2D eigenvalue weighted by molar-refractivity contribution is 6.71. The molecule has 0 aromatic rings. The molecular formula is C59H125NO8Si5. The molecule has 73 heavy (non-hydrogen) atoms. The van der Waals surface area contributed by atoms with Crippen LogP contribution in [0.5, 0.6) is 0 Å². The Balaban J connectivity index is 3.24. The summed E-state index contributed by atoms with van der Waals surface area (Å²) in [4.78, 5) is 14.1. The van der Waals surface area contributed by atoms with Crippen molar-refractivity contribution in [3.05, 3.63) is 12.2 Å². The minimum absolute atomic E-state index is 0.0573. The molecule has 0 bridgehead atoms. The van der Waals surface area contributed by atoms with E-state index >= 15 is 0 Å². The Hall–Kier alpha value is 0.0144. The minimum atomic E-state index is -2.18. The van der Waals surface area contributed by atoms with Crippen LogP contribution in [0.15, 0.2) is 12.2 Å². The van der Waals surface area contributed by atoms with Gasteiger partial charge in [0, 0.05) is 6.42 Å². The third kappa shape index (κ3) is 40.8. The number of hydrogen-bond acceptors (Lipinski definition) is 8. The van der Waals surface area contributed by atoms with Gasteiger partial charge in [-0.15, -0.1) is 0 Å². The summed E-state index contributed by atoms with van der Waals surface area (Å²) in [5, 5.41) is 3.47. The molecular weight excluding hydrogens is 991 g/mol. The van der Waals surface area contributed by atoms with Gasteiger partial charge in [-0.25, -0.2) is 0 Å². The second kappa shape index (κ2) is 39.4. The molecule has 1 rings (SSSR count). The summed E-state index contributed by atoms with van der Waals surface area (Å²) < 4.78 is 49.0. The molecule has 0 aliphatic carbocycles. The molecule has 0 spiro atoms. The third-order valence-electron chi connectivity index (χ3n) is 13.2. The summed E-state index contributed by atoms with van der Waals surface area (Å²) >= 11 is 0. The Bertz CT molecular complexity index is 1370. The first kappa shape index (κ1) is 71.0. The molecule has 1 aliphatic heterocycles. The lowest BCUT2D eigenvalue weighted by Crippen LogP contribution is -2.66. The Labute approximate surface area is 459 Å². The Morgan fingerprint density at radius 1 is 0.479 bits per heavy atom. The standard InChI is InChI=1S/C59H125NO8Si5/c1-18-20-22-24-26-28-30-32-33-34-35-37-39-41-43-45-47-49-55(61)60-52(53(65-70(6,7)8)48-46-44-42-40-38-36-31-29-27-25-23-21-19-2)50-62-59-58(68-73(15,16)17)57(67-72(12,13)14)56(66-71(9,10)11)54(64-59)51-63-69(3,4)5/h46,48,52-54,56-59H,18-45,47,49-51H2,1-17H3,(H,60,61). The minimum Gasteiger partial charge on any atom is -0.415 e. The maximum atomic E-state index is 14.1. The number of unbranched alkanes of at least 4 members (excludes halogenated alkanes) is 27. The van der Waals surface area contributed by atoms with Crippen molar-refractivity contribution in [2.75, 3.05) is 13.2 Å². The smallest absolute Gasteiger partial charge is 0.220 e. The van der Waals surface area contributed by atoms with E-state index in [0.717, 1.165) is 25.7 Å². The van der Waals surface area contributed by atoms with E-state index < -0.39 is 72.2 Å². The molecule has 434 valence electrons. The maximum absolute atomic E-state index is 14.1. The SMILES string of the molecule is CCCCCCCCCCCCCC=CC(O[Si](C)(C)C)C(COC1OC(CO[Si](C)(C)C)C(O[Si](C)(C)C)C(O[Si](C)(C)C)C1O[Si](C)(C)C)NC(=O)CCCCCCCCCCCCCCCCCCC. The second-order valence-corrected chi connectivity index (χ2v) is 49.3. The van der Waals surface area contributed by atoms with Crippen LogP contribution in [0.2, 0.25) is 98.2 Å². The molecule has 7 atom stereocenters.